The Morgan fingerprint density at radius 3 is 2.76 bits per heavy atom. The average Bonchev–Trinajstić information content (AvgIpc) is 3.32. The molecule has 4 rings (SSSR count). The number of anilines is 2. The van der Waals surface area contributed by atoms with E-state index < -0.39 is 0 Å². The van der Waals surface area contributed by atoms with Gasteiger partial charge in [-0.05, 0) is 55.6 Å². The topological polar surface area (TPSA) is 57.8 Å². The Balaban J connectivity index is 1.44. The second-order valence-electron chi connectivity index (χ2n) is 8.72. The lowest BCUT2D eigenvalue weighted by Gasteiger charge is -2.27. The number of morpholine rings is 1. The number of hydrogen-bond donors (Lipinski definition) is 3. The van der Waals surface area contributed by atoms with Crippen molar-refractivity contribution < 1.29 is 13.9 Å². The van der Waals surface area contributed by atoms with E-state index in [9.17, 15) is 4.39 Å². The van der Waals surface area contributed by atoms with Crippen molar-refractivity contribution >= 4 is 23.0 Å². The predicted molar refractivity (Wildman–Crippen MR) is 132 cm³/mol. The highest BCUT2D eigenvalue weighted by Crippen LogP contribution is 2.33. The van der Waals surface area contributed by atoms with Crippen molar-refractivity contribution in [3.8, 4) is 5.75 Å². The van der Waals surface area contributed by atoms with E-state index in [1.54, 1.807) is 6.07 Å². The molecule has 2 fully saturated rings. The third kappa shape index (κ3) is 6.29. The van der Waals surface area contributed by atoms with Crippen LogP contribution in [0.15, 0.2) is 24.3 Å². The lowest BCUT2D eigenvalue weighted by Crippen LogP contribution is -2.35. The molecule has 0 amide bonds. The van der Waals surface area contributed by atoms with E-state index in [-0.39, 0.29) is 11.9 Å². The number of nitrogens with one attached hydrogen (secondary N) is 3. The number of nitrogens with zero attached hydrogens (tertiary/aromatic N) is 1. The van der Waals surface area contributed by atoms with Gasteiger partial charge in [0.1, 0.15) is 17.7 Å². The molecule has 1 unspecified atom stereocenters. The molecule has 8 heteroatoms. The first-order valence-electron chi connectivity index (χ1n) is 11.7. The largest absolute Gasteiger partial charge is 0.489 e. The third-order valence-corrected chi connectivity index (χ3v) is 6.74. The summed E-state index contributed by atoms with van der Waals surface area (Å²) in [7, 11) is 1.87. The fourth-order valence-corrected chi connectivity index (χ4v) is 4.65. The van der Waals surface area contributed by atoms with Crippen LogP contribution in [0.3, 0.4) is 0 Å². The van der Waals surface area contributed by atoms with Crippen LogP contribution >= 0.6 is 11.6 Å². The second kappa shape index (κ2) is 11.4. The van der Waals surface area contributed by atoms with Gasteiger partial charge in [-0.15, -0.1) is 0 Å². The highest BCUT2D eigenvalue weighted by Gasteiger charge is 2.20. The highest BCUT2D eigenvalue weighted by molar-refractivity contribution is 6.31. The van der Waals surface area contributed by atoms with Crippen molar-refractivity contribution in [3.05, 3.63) is 51.8 Å². The molecule has 2 aromatic carbocycles. The maximum atomic E-state index is 14.6. The SMILES string of the molecule is CNc1cc(Cl)c(CCNc2cc(F)c(C)c(CN3CCOCC3)c2)c(OC2CCNC2)c1. The second-order valence-corrected chi connectivity index (χ2v) is 9.13. The fourth-order valence-electron chi connectivity index (χ4n) is 4.35. The van der Waals surface area contributed by atoms with Gasteiger partial charge < -0.3 is 25.4 Å². The summed E-state index contributed by atoms with van der Waals surface area (Å²) in [5.41, 5.74) is 4.39. The fraction of sp³-hybridized carbons (Fsp3) is 0.520. The first-order valence-corrected chi connectivity index (χ1v) is 12.1. The molecule has 2 saturated heterocycles. The number of hydrogen-bond acceptors (Lipinski definition) is 6. The molecule has 2 heterocycles. The average molecular weight is 477 g/mol. The minimum atomic E-state index is -0.183. The summed E-state index contributed by atoms with van der Waals surface area (Å²) in [5, 5.41) is 10.5. The van der Waals surface area contributed by atoms with Gasteiger partial charge in [-0.25, -0.2) is 4.39 Å². The predicted octanol–water partition coefficient (Wildman–Crippen LogP) is 4.06. The van der Waals surface area contributed by atoms with E-state index in [2.05, 4.69) is 26.9 Å². The lowest BCUT2D eigenvalue weighted by atomic mass is 10.1. The van der Waals surface area contributed by atoms with Gasteiger partial charge in [0.2, 0.25) is 0 Å². The Morgan fingerprint density at radius 1 is 1.21 bits per heavy atom. The van der Waals surface area contributed by atoms with Gasteiger partial charge in [0.25, 0.3) is 0 Å². The first kappa shape index (κ1) is 24.1. The van der Waals surface area contributed by atoms with Gasteiger partial charge in [-0.1, -0.05) is 11.6 Å². The summed E-state index contributed by atoms with van der Waals surface area (Å²) >= 11 is 6.62. The van der Waals surface area contributed by atoms with E-state index in [0.29, 0.717) is 23.6 Å². The van der Waals surface area contributed by atoms with E-state index in [1.807, 2.05) is 26.1 Å². The summed E-state index contributed by atoms with van der Waals surface area (Å²) in [4.78, 5) is 2.31. The Hall–Kier alpha value is -2.06. The molecule has 0 aromatic heterocycles. The smallest absolute Gasteiger partial charge is 0.128 e. The first-order chi connectivity index (χ1) is 16.0. The summed E-state index contributed by atoms with van der Waals surface area (Å²) in [6.07, 6.45) is 1.80. The molecule has 2 aliphatic rings. The van der Waals surface area contributed by atoms with Crippen molar-refractivity contribution in [1.82, 2.24) is 10.2 Å². The maximum Gasteiger partial charge on any atom is 0.128 e. The Bertz CT molecular complexity index is 946. The van der Waals surface area contributed by atoms with E-state index in [1.165, 1.54) is 0 Å². The van der Waals surface area contributed by atoms with Gasteiger partial charge >= 0.3 is 0 Å². The molecule has 33 heavy (non-hydrogen) atoms. The van der Waals surface area contributed by atoms with Crippen molar-refractivity contribution in [1.29, 1.82) is 0 Å². The molecule has 0 radical (unpaired) electrons. The third-order valence-electron chi connectivity index (χ3n) is 6.41. The Kier molecular flexibility index (Phi) is 8.30. The van der Waals surface area contributed by atoms with Crippen LogP contribution in [-0.2, 0) is 17.7 Å². The van der Waals surface area contributed by atoms with Crippen LogP contribution in [0.5, 0.6) is 5.75 Å². The normalized spacial score (nSPS) is 19.0. The molecule has 2 aliphatic heterocycles. The number of benzene rings is 2. The molecule has 3 N–H and O–H groups in total. The minimum Gasteiger partial charge on any atom is -0.489 e. The molecule has 6 nitrogen and oxygen atoms in total. The number of rotatable bonds is 9. The van der Waals surface area contributed by atoms with Crippen molar-refractivity contribution in [2.45, 2.75) is 32.4 Å². The van der Waals surface area contributed by atoms with Crippen LogP contribution in [-0.4, -0.2) is 64.0 Å². The van der Waals surface area contributed by atoms with Gasteiger partial charge in [0.15, 0.2) is 0 Å². The van der Waals surface area contributed by atoms with Gasteiger partial charge in [0.05, 0.1) is 13.2 Å². The molecule has 0 bridgehead atoms. The van der Waals surface area contributed by atoms with Crippen LogP contribution in [0.25, 0.3) is 0 Å². The minimum absolute atomic E-state index is 0.147. The molecule has 0 spiro atoms. The van der Waals surface area contributed by atoms with E-state index >= 15 is 0 Å². The molecule has 180 valence electrons. The van der Waals surface area contributed by atoms with Crippen molar-refractivity contribution in [2.24, 2.45) is 0 Å². The Morgan fingerprint density at radius 2 is 2.03 bits per heavy atom. The van der Waals surface area contributed by atoms with Gasteiger partial charge in [-0.2, -0.15) is 0 Å². The zero-order chi connectivity index (χ0) is 23.2. The number of ether oxygens (including phenoxy) is 2. The zero-order valence-electron chi connectivity index (χ0n) is 19.5. The summed E-state index contributed by atoms with van der Waals surface area (Å²) in [6.45, 7) is 8.21. The summed E-state index contributed by atoms with van der Waals surface area (Å²) in [6, 6.07) is 7.56. The van der Waals surface area contributed by atoms with E-state index in [4.69, 9.17) is 21.1 Å². The molecule has 0 aliphatic carbocycles. The monoisotopic (exact) mass is 476 g/mol. The highest BCUT2D eigenvalue weighted by atomic mass is 35.5. The van der Waals surface area contributed by atoms with Gasteiger partial charge in [0, 0.05) is 67.8 Å². The zero-order valence-corrected chi connectivity index (χ0v) is 20.2. The van der Waals surface area contributed by atoms with Crippen LogP contribution in [0.2, 0.25) is 5.02 Å². The molecular formula is C25H34ClFN4O2. The molecule has 1 atom stereocenters. The summed E-state index contributed by atoms with van der Waals surface area (Å²) in [5.74, 6) is 0.628. The molecule has 2 aromatic rings. The maximum absolute atomic E-state index is 14.6. The van der Waals surface area contributed by atoms with Crippen molar-refractivity contribution in [3.63, 3.8) is 0 Å². The molecular weight excluding hydrogens is 443 g/mol. The number of halogens is 2. The van der Waals surface area contributed by atoms with Crippen molar-refractivity contribution in [2.75, 3.05) is 63.6 Å². The summed E-state index contributed by atoms with van der Waals surface area (Å²) < 4.78 is 26.4. The van der Waals surface area contributed by atoms with Crippen LogP contribution in [0, 0.1) is 12.7 Å². The lowest BCUT2D eigenvalue weighted by molar-refractivity contribution is 0.0341. The molecule has 0 saturated carbocycles. The van der Waals surface area contributed by atoms with Crippen LogP contribution < -0.4 is 20.7 Å². The van der Waals surface area contributed by atoms with E-state index in [0.717, 1.165) is 80.6 Å². The Labute approximate surface area is 200 Å². The van der Waals surface area contributed by atoms with Gasteiger partial charge in [-0.3, -0.25) is 4.90 Å². The van der Waals surface area contributed by atoms with Crippen LogP contribution in [0.1, 0.15) is 23.1 Å². The quantitative estimate of drug-likeness (QED) is 0.507. The standard InChI is InChI=1S/C25H34ClFN4O2/c1-17-18(16-31-7-9-32-10-8-31)11-20(13-24(17)27)30-6-4-22-23(26)12-19(28-2)14-25(22)33-21-3-5-29-15-21/h11-14,21,28-30H,3-10,15-16H2,1-2H3. The van der Waals surface area contributed by atoms with Crippen LogP contribution in [0.4, 0.5) is 15.8 Å².